The van der Waals surface area contributed by atoms with Crippen LogP contribution in [0.4, 0.5) is 0 Å². The van der Waals surface area contributed by atoms with E-state index in [1.54, 1.807) is 18.3 Å². The highest BCUT2D eigenvalue weighted by atomic mass is 16.5. The fourth-order valence-electron chi connectivity index (χ4n) is 2.18. The van der Waals surface area contributed by atoms with Crippen LogP contribution in [-0.4, -0.2) is 41.9 Å². The summed E-state index contributed by atoms with van der Waals surface area (Å²) >= 11 is 0. The molecule has 112 valence electrons. The number of hydrogen-bond acceptors (Lipinski definition) is 4. The number of pyridine rings is 1. The van der Waals surface area contributed by atoms with Crippen molar-refractivity contribution in [3.63, 3.8) is 0 Å². The molecule has 2 atom stereocenters. The lowest BCUT2D eigenvalue weighted by Gasteiger charge is -2.14. The van der Waals surface area contributed by atoms with Gasteiger partial charge >= 0.3 is 0 Å². The Bertz CT molecular complexity index is 531. The van der Waals surface area contributed by atoms with Crippen LogP contribution in [0.5, 0.6) is 0 Å². The number of carbonyl (C=O) groups excluding carboxylic acids is 1. The van der Waals surface area contributed by atoms with Crippen molar-refractivity contribution in [1.29, 1.82) is 0 Å². The molecule has 1 aliphatic rings. The monoisotopic (exact) mass is 288 g/mol. The predicted molar refractivity (Wildman–Crippen MR) is 78.7 cm³/mol. The molecule has 0 bridgehead atoms. The Balaban J connectivity index is 1.86. The summed E-state index contributed by atoms with van der Waals surface area (Å²) < 4.78 is 5.47. The smallest absolute Gasteiger partial charge is 0.269 e. The van der Waals surface area contributed by atoms with Gasteiger partial charge in [-0.05, 0) is 25.5 Å². The SMILES string of the molecule is CC1OCCC1CNC(=O)c1ccc(C#CCCO)cn1. The number of aliphatic hydroxyl groups excluding tert-OH is 1. The number of aliphatic hydroxyl groups is 1. The van der Waals surface area contributed by atoms with Crippen molar-refractivity contribution in [3.05, 3.63) is 29.6 Å². The highest BCUT2D eigenvalue weighted by Crippen LogP contribution is 2.19. The topological polar surface area (TPSA) is 71.5 Å². The highest BCUT2D eigenvalue weighted by Gasteiger charge is 2.24. The Morgan fingerprint density at radius 2 is 2.43 bits per heavy atom. The average Bonchev–Trinajstić information content (AvgIpc) is 2.91. The van der Waals surface area contributed by atoms with Crippen LogP contribution in [0.25, 0.3) is 0 Å². The van der Waals surface area contributed by atoms with E-state index >= 15 is 0 Å². The van der Waals surface area contributed by atoms with Gasteiger partial charge in [-0.25, -0.2) is 4.98 Å². The van der Waals surface area contributed by atoms with E-state index in [2.05, 4.69) is 22.1 Å². The molecule has 1 aromatic heterocycles. The van der Waals surface area contributed by atoms with Crippen molar-refractivity contribution in [2.75, 3.05) is 19.8 Å². The molecule has 21 heavy (non-hydrogen) atoms. The minimum absolute atomic E-state index is 0.0459. The molecule has 1 aliphatic heterocycles. The maximum atomic E-state index is 12.0. The first kappa shape index (κ1) is 15.5. The second kappa shape index (κ2) is 7.77. The Hall–Kier alpha value is -1.90. The van der Waals surface area contributed by atoms with E-state index in [1.165, 1.54) is 0 Å². The number of amides is 1. The molecule has 0 saturated carbocycles. The largest absolute Gasteiger partial charge is 0.395 e. The van der Waals surface area contributed by atoms with E-state index in [-0.39, 0.29) is 18.6 Å². The number of nitrogens with zero attached hydrogens (tertiary/aromatic N) is 1. The number of aromatic nitrogens is 1. The van der Waals surface area contributed by atoms with Gasteiger partial charge in [0.05, 0.1) is 12.7 Å². The average molecular weight is 288 g/mol. The second-order valence-corrected chi connectivity index (χ2v) is 5.04. The van der Waals surface area contributed by atoms with Crippen molar-refractivity contribution in [1.82, 2.24) is 10.3 Å². The van der Waals surface area contributed by atoms with Crippen molar-refractivity contribution in [2.24, 2.45) is 5.92 Å². The maximum Gasteiger partial charge on any atom is 0.269 e. The predicted octanol–water partition coefficient (Wildman–Crippen LogP) is 0.970. The Morgan fingerprint density at radius 3 is 3.05 bits per heavy atom. The summed E-state index contributed by atoms with van der Waals surface area (Å²) in [6.45, 7) is 3.45. The third-order valence-corrected chi connectivity index (χ3v) is 3.52. The summed E-state index contributed by atoms with van der Waals surface area (Å²) in [6.07, 6.45) is 3.18. The van der Waals surface area contributed by atoms with Crippen LogP contribution in [0.2, 0.25) is 0 Å². The van der Waals surface area contributed by atoms with Crippen LogP contribution in [0.1, 0.15) is 35.8 Å². The van der Waals surface area contributed by atoms with Gasteiger partial charge in [0.2, 0.25) is 0 Å². The minimum atomic E-state index is -0.177. The van der Waals surface area contributed by atoms with Gasteiger partial charge in [-0.15, -0.1) is 0 Å². The van der Waals surface area contributed by atoms with Crippen molar-refractivity contribution < 1.29 is 14.6 Å². The fourth-order valence-corrected chi connectivity index (χ4v) is 2.18. The zero-order valence-electron chi connectivity index (χ0n) is 12.1. The van der Waals surface area contributed by atoms with Gasteiger partial charge in [-0.1, -0.05) is 11.8 Å². The molecule has 2 heterocycles. The third-order valence-electron chi connectivity index (χ3n) is 3.52. The number of rotatable bonds is 4. The normalized spacial score (nSPS) is 20.7. The quantitative estimate of drug-likeness (QED) is 0.810. The molecule has 5 heteroatoms. The van der Waals surface area contributed by atoms with E-state index in [9.17, 15) is 4.79 Å². The van der Waals surface area contributed by atoms with Crippen LogP contribution >= 0.6 is 0 Å². The molecular weight excluding hydrogens is 268 g/mol. The van der Waals surface area contributed by atoms with Gasteiger partial charge in [0.1, 0.15) is 5.69 Å². The molecule has 1 aromatic rings. The second-order valence-electron chi connectivity index (χ2n) is 5.04. The van der Waals surface area contributed by atoms with Gasteiger partial charge in [-0.3, -0.25) is 4.79 Å². The van der Waals surface area contributed by atoms with Crippen molar-refractivity contribution >= 4 is 5.91 Å². The maximum absolute atomic E-state index is 12.0. The molecule has 1 saturated heterocycles. The lowest BCUT2D eigenvalue weighted by atomic mass is 10.0. The standard InChI is InChI=1S/C16H20N2O3/c1-12-14(7-9-21-12)11-18-16(20)15-6-5-13(10-17-15)4-2-3-8-19/h5-6,10,12,14,19H,3,7-9,11H2,1H3,(H,18,20). The number of hydrogen-bond donors (Lipinski definition) is 2. The molecule has 5 nitrogen and oxygen atoms in total. The number of ether oxygens (including phenoxy) is 1. The zero-order chi connectivity index (χ0) is 15.1. The van der Waals surface area contributed by atoms with Gasteiger partial charge in [-0.2, -0.15) is 0 Å². The van der Waals surface area contributed by atoms with E-state index in [1.807, 2.05) is 6.92 Å². The molecular formula is C16H20N2O3. The summed E-state index contributed by atoms with van der Waals surface area (Å²) in [5, 5.41) is 11.5. The lowest BCUT2D eigenvalue weighted by molar-refractivity contribution is 0.0903. The number of nitrogens with one attached hydrogen (secondary N) is 1. The Labute approximate surface area is 124 Å². The summed E-state index contributed by atoms with van der Waals surface area (Å²) in [5.41, 5.74) is 1.12. The Kier molecular flexibility index (Phi) is 5.73. The van der Waals surface area contributed by atoms with Crippen LogP contribution in [0, 0.1) is 17.8 Å². The van der Waals surface area contributed by atoms with Crippen LogP contribution in [-0.2, 0) is 4.74 Å². The van der Waals surface area contributed by atoms with Crippen LogP contribution in [0.15, 0.2) is 18.3 Å². The van der Waals surface area contributed by atoms with Crippen molar-refractivity contribution in [2.45, 2.75) is 25.9 Å². The Morgan fingerprint density at radius 1 is 1.57 bits per heavy atom. The minimum Gasteiger partial charge on any atom is -0.395 e. The summed E-state index contributed by atoms with van der Waals surface area (Å²) in [7, 11) is 0. The fraction of sp³-hybridized carbons (Fsp3) is 0.500. The van der Waals surface area contributed by atoms with Gasteiger partial charge in [0.15, 0.2) is 0 Å². The van der Waals surface area contributed by atoms with E-state index in [0.29, 0.717) is 24.6 Å². The highest BCUT2D eigenvalue weighted by molar-refractivity contribution is 5.92. The molecule has 2 rings (SSSR count). The zero-order valence-corrected chi connectivity index (χ0v) is 12.1. The molecule has 0 aromatic carbocycles. The molecule has 1 fully saturated rings. The molecule has 2 unspecified atom stereocenters. The third kappa shape index (κ3) is 4.55. The molecule has 2 N–H and O–H groups in total. The van der Waals surface area contributed by atoms with Crippen LogP contribution in [0.3, 0.4) is 0 Å². The first-order valence-electron chi connectivity index (χ1n) is 7.16. The molecule has 0 spiro atoms. The molecule has 0 radical (unpaired) electrons. The van der Waals surface area contributed by atoms with E-state index in [0.717, 1.165) is 18.6 Å². The van der Waals surface area contributed by atoms with Gasteiger partial charge < -0.3 is 15.2 Å². The summed E-state index contributed by atoms with van der Waals surface area (Å²) in [5.74, 6) is 5.88. The molecule has 1 amide bonds. The first-order chi connectivity index (χ1) is 10.2. The van der Waals surface area contributed by atoms with E-state index < -0.39 is 0 Å². The van der Waals surface area contributed by atoms with E-state index in [4.69, 9.17) is 9.84 Å². The van der Waals surface area contributed by atoms with Crippen molar-refractivity contribution in [3.8, 4) is 11.8 Å². The first-order valence-corrected chi connectivity index (χ1v) is 7.16. The lowest BCUT2D eigenvalue weighted by Crippen LogP contribution is -2.32. The molecule has 0 aliphatic carbocycles. The summed E-state index contributed by atoms with van der Waals surface area (Å²) in [6, 6.07) is 3.42. The number of carbonyl (C=O) groups is 1. The van der Waals surface area contributed by atoms with Crippen LogP contribution < -0.4 is 5.32 Å². The van der Waals surface area contributed by atoms with Gasteiger partial charge in [0.25, 0.3) is 5.91 Å². The van der Waals surface area contributed by atoms with Gasteiger partial charge in [0, 0.05) is 37.3 Å². The summed E-state index contributed by atoms with van der Waals surface area (Å²) in [4.78, 5) is 16.1.